The molecule has 0 radical (unpaired) electrons. The molecule has 11 aromatic rings. The Bertz CT molecular complexity index is 6230. The Kier molecular flexibility index (Phi) is 29.3. The molecule has 0 saturated carbocycles. The Morgan fingerprint density at radius 3 is 1.17 bits per heavy atom. The molecule has 130 heavy (non-hydrogen) atoms. The van der Waals surface area contributed by atoms with Crippen LogP contribution in [0.15, 0.2) is 281 Å². The molecule has 3 spiro atoms. The summed E-state index contributed by atoms with van der Waals surface area (Å²) in [5, 5.41) is 63.4. The summed E-state index contributed by atoms with van der Waals surface area (Å²) in [6.07, 6.45) is 6.03. The number of aliphatic hydroxyl groups is 1. The Morgan fingerprint density at radius 1 is 0.423 bits per heavy atom. The predicted octanol–water partition coefficient (Wildman–Crippen LogP) is 19.1. The van der Waals surface area contributed by atoms with Gasteiger partial charge in [-0.3, -0.25) is 24.4 Å². The van der Waals surface area contributed by atoms with Crippen molar-refractivity contribution in [1.29, 1.82) is 26.3 Å². The maximum Gasteiger partial charge on any atom is 0.347 e. The topological polar surface area (TPSA) is 347 Å². The third-order valence-corrected chi connectivity index (χ3v) is 23.8. The SMILES string of the molecule is CCc1ccc(N2C(=O)N(c3ccc(C#N)cc3)C3(COC3)C2(O)c2cccc(C)c2)cc1.CCc1ccc(N2C(=O)N(c3ccc(C#N)cc3)C3(COC3)C2=O)cc1.CCc1ccc(N=C=O)cc1.CCc1ccc(NC(=O)N=C2N(c3ccc(CC)cc3)C(=O)N(c3ccc(C#N)cc3)C23COC3)cc1.Cc1cccc(Br)c1.N#Cc1ccc(NC2(C#N)COC2)cc1. The maximum atomic E-state index is 14.1. The molecule has 0 aliphatic carbocycles. The number of nitrogens with one attached hydrogen (secondary N) is 2. The van der Waals surface area contributed by atoms with Crippen molar-refractivity contribution in [2.75, 3.05) is 92.9 Å². The minimum atomic E-state index is -1.66. The van der Waals surface area contributed by atoms with Crippen LogP contribution in [0.2, 0.25) is 0 Å². The lowest BCUT2D eigenvalue weighted by molar-refractivity contribution is -0.153. The van der Waals surface area contributed by atoms with Crippen LogP contribution >= 0.6 is 15.9 Å². The van der Waals surface area contributed by atoms with Crippen molar-refractivity contribution in [3.8, 4) is 30.3 Å². The van der Waals surface area contributed by atoms with Crippen LogP contribution in [0.3, 0.4) is 0 Å². The van der Waals surface area contributed by atoms with Crippen molar-refractivity contribution in [1.82, 2.24) is 0 Å². The molecule has 9 amide bonds. The second-order valence-electron chi connectivity index (χ2n) is 31.8. The number of urea groups is 4. The summed E-state index contributed by atoms with van der Waals surface area (Å²) in [4.78, 5) is 94.1. The van der Waals surface area contributed by atoms with E-state index in [4.69, 9.17) is 34.7 Å². The number of ether oxygens (including phenoxy) is 4. The number of nitrogens with zero attached hydrogens (tertiary/aromatic N) is 13. The number of aryl methyl sites for hydroxylation is 7. The zero-order valence-electron chi connectivity index (χ0n) is 72.8. The summed E-state index contributed by atoms with van der Waals surface area (Å²) >= 11 is 3.36. The average Bonchev–Trinajstić information content (AvgIpc) is 1.51. The number of amides is 9. The lowest BCUT2D eigenvalue weighted by Crippen LogP contribution is -2.70. The summed E-state index contributed by atoms with van der Waals surface area (Å²) in [5.74, 6) is 0.0300. The highest BCUT2D eigenvalue weighted by molar-refractivity contribution is 9.10. The van der Waals surface area contributed by atoms with E-state index in [0.717, 1.165) is 70.1 Å². The fraction of sp³-hybridized carbons (Fsp3) is 0.243. The smallest absolute Gasteiger partial charge is 0.347 e. The summed E-state index contributed by atoms with van der Waals surface area (Å²) in [5.41, 5.74) is 11.3. The standard InChI is InChI=1S/C29H27N5O3.C27H25N3O3.C20H17N3O3.C11H9N3O.C9H9NO.C7H7Br/c1-3-20-5-11-23(12-6-20)31-27(35)32-26-29(18-37-19-29)34(25-15-9-22(17-30)10-16-25)28(36)33(26)24-13-7-21(4-2)8-14-24;1-3-20-7-11-24(12-8-20)30-25(31)29(23-13-9-21(16-28)10-14-23)26(17-33-18-26)27(30,32)22-6-4-5-19(2)15-22;1-2-14-3-7-16(8-4-14)22-18(24)20(12-26-13-20)23(19(22)25)17-9-5-15(11-21)6-10-17;12-5-9-1-3-10(4-2-9)14-11(6-13)7-15-8-11;1-2-8-3-5-9(6-4-8)10-7-11;1-6-3-2-4-7(8)5-6/h5-16H,3-4,18-19H2,1-2H3,(H,31,35);4-15,32H,3,17-18H2,1-2H3;3-10H,2,12-13H2,1H3;1-4,14H,7-8H2;3-6H,2H2,1H3;2-5H,1H3. The van der Waals surface area contributed by atoms with Crippen molar-refractivity contribution in [2.24, 2.45) is 9.98 Å². The normalized spacial score (nSPS) is 17.2. The molecule has 18 rings (SSSR count). The molecular weight excluding hydrogens is 1700 g/mol. The summed E-state index contributed by atoms with van der Waals surface area (Å²) < 4.78 is 22.7. The van der Waals surface area contributed by atoms with E-state index in [1.54, 1.807) is 119 Å². The molecule has 27 heteroatoms. The second-order valence-corrected chi connectivity index (χ2v) is 32.7. The van der Waals surface area contributed by atoms with Crippen LogP contribution in [0.5, 0.6) is 0 Å². The molecule has 3 N–H and O–H groups in total. The highest BCUT2D eigenvalue weighted by Gasteiger charge is 2.72. The molecular formula is C103H94BrN15O11. The number of rotatable bonds is 16. The number of benzene rings is 11. The summed E-state index contributed by atoms with van der Waals surface area (Å²) in [6, 6.07) is 89.9. The molecule has 7 aliphatic rings. The Morgan fingerprint density at radius 2 is 0.792 bits per heavy atom. The van der Waals surface area contributed by atoms with Gasteiger partial charge in [-0.25, -0.2) is 33.8 Å². The van der Waals surface area contributed by atoms with E-state index in [1.807, 2.05) is 159 Å². The minimum absolute atomic E-state index is 0.168. The van der Waals surface area contributed by atoms with Gasteiger partial charge in [-0.2, -0.15) is 36.3 Å². The lowest BCUT2D eigenvalue weighted by atomic mass is 9.78. The molecule has 26 nitrogen and oxygen atoms in total. The summed E-state index contributed by atoms with van der Waals surface area (Å²) in [6.45, 7) is 16.3. The first-order valence-corrected chi connectivity index (χ1v) is 43.2. The average molecular weight is 1800 g/mol. The number of imide groups is 1. The number of carbonyl (C=O) groups excluding carboxylic acids is 6. The van der Waals surface area contributed by atoms with Crippen LogP contribution in [-0.4, -0.2) is 122 Å². The van der Waals surface area contributed by atoms with Crippen molar-refractivity contribution in [2.45, 2.75) is 108 Å². The first kappa shape index (κ1) is 92.6. The fourth-order valence-electron chi connectivity index (χ4n) is 15.7. The van der Waals surface area contributed by atoms with E-state index < -0.39 is 39.9 Å². The van der Waals surface area contributed by atoms with Crippen molar-refractivity contribution < 1.29 is 52.8 Å². The van der Waals surface area contributed by atoms with Crippen LogP contribution in [0.1, 0.15) is 101 Å². The predicted molar refractivity (Wildman–Crippen MR) is 501 cm³/mol. The number of hydrogen-bond donors (Lipinski definition) is 3. The molecule has 7 heterocycles. The van der Waals surface area contributed by atoms with E-state index >= 15 is 0 Å². The highest BCUT2D eigenvalue weighted by atomic mass is 79.9. The maximum absolute atomic E-state index is 14.1. The zero-order valence-corrected chi connectivity index (χ0v) is 74.4. The van der Waals surface area contributed by atoms with Crippen molar-refractivity contribution in [3.05, 3.63) is 338 Å². The molecule has 1 unspecified atom stereocenters. The number of nitriles is 5. The summed E-state index contributed by atoms with van der Waals surface area (Å²) in [7, 11) is 0. The van der Waals surface area contributed by atoms with E-state index in [0.29, 0.717) is 92.4 Å². The number of anilines is 8. The van der Waals surface area contributed by atoms with Crippen LogP contribution in [0.25, 0.3) is 0 Å². The van der Waals surface area contributed by atoms with Gasteiger partial charge in [-0.05, 0) is 244 Å². The van der Waals surface area contributed by atoms with Gasteiger partial charge in [0.05, 0.1) is 123 Å². The van der Waals surface area contributed by atoms with Gasteiger partial charge in [0, 0.05) is 44.2 Å². The second kappa shape index (κ2) is 41.2. The quantitative estimate of drug-likeness (QED) is 0.0459. The van der Waals surface area contributed by atoms with Crippen LogP contribution < -0.4 is 40.0 Å². The zero-order chi connectivity index (χ0) is 92.3. The largest absolute Gasteiger partial charge is 0.376 e. The number of isocyanates is 1. The lowest BCUT2D eigenvalue weighted by Gasteiger charge is -2.51. The van der Waals surface area contributed by atoms with E-state index in [9.17, 15) is 44.4 Å². The number of carbonyl (C=O) groups is 5. The van der Waals surface area contributed by atoms with Gasteiger partial charge in [0.25, 0.3) is 5.91 Å². The first-order chi connectivity index (χ1) is 63.0. The minimum Gasteiger partial charge on any atom is -0.376 e. The van der Waals surface area contributed by atoms with Gasteiger partial charge < -0.3 is 34.7 Å². The number of hydrogen-bond acceptors (Lipinski definition) is 18. The molecule has 0 bridgehead atoms. The van der Waals surface area contributed by atoms with Gasteiger partial charge in [-0.1, -0.05) is 159 Å². The van der Waals surface area contributed by atoms with Crippen LogP contribution in [0, 0.1) is 70.5 Å². The number of halogens is 1. The first-order valence-electron chi connectivity index (χ1n) is 42.4. The van der Waals surface area contributed by atoms with E-state index in [1.165, 1.54) is 36.8 Å². The third kappa shape index (κ3) is 19.3. The molecule has 7 aliphatic heterocycles. The number of aliphatic imine (C=N–C) groups is 2. The van der Waals surface area contributed by atoms with Gasteiger partial charge in [0.1, 0.15) is 5.54 Å². The Balaban J connectivity index is 0.000000142. The molecule has 0 aromatic heterocycles. The highest BCUT2D eigenvalue weighted by Crippen LogP contribution is 2.55. The molecule has 1 atom stereocenters. The van der Waals surface area contributed by atoms with Gasteiger partial charge in [0.15, 0.2) is 22.5 Å². The molecule has 11 aromatic carbocycles. The molecule has 654 valence electrons. The monoisotopic (exact) mass is 1800 g/mol. The van der Waals surface area contributed by atoms with Gasteiger partial charge in [-0.15, -0.1) is 0 Å². The molecule has 7 fully saturated rings. The van der Waals surface area contributed by atoms with E-state index in [-0.39, 0.29) is 57.6 Å². The van der Waals surface area contributed by atoms with Crippen molar-refractivity contribution in [3.63, 3.8) is 0 Å². The third-order valence-electron chi connectivity index (χ3n) is 23.3. The number of amidine groups is 1. The fourth-order valence-corrected chi connectivity index (χ4v) is 16.2. The molecule has 7 saturated heterocycles. The van der Waals surface area contributed by atoms with Gasteiger partial charge >= 0.3 is 24.1 Å². The van der Waals surface area contributed by atoms with Crippen LogP contribution in [-0.2, 0) is 66.4 Å². The van der Waals surface area contributed by atoms with E-state index in [2.05, 4.69) is 115 Å². The van der Waals surface area contributed by atoms with Crippen molar-refractivity contribution >= 4 is 109 Å². The van der Waals surface area contributed by atoms with Gasteiger partial charge in [0.2, 0.25) is 11.8 Å². The Labute approximate surface area is 763 Å². The van der Waals surface area contributed by atoms with Crippen LogP contribution in [0.4, 0.5) is 70.4 Å². The Hall–Kier alpha value is -15.1.